The van der Waals surface area contributed by atoms with Crippen LogP contribution in [-0.4, -0.2) is 33.3 Å². The number of hydrogen-bond donors (Lipinski definition) is 1. The number of aromatic nitrogens is 2. The predicted molar refractivity (Wildman–Crippen MR) is 90.3 cm³/mol. The molecule has 1 heterocycles. The van der Waals surface area contributed by atoms with Crippen LogP contribution >= 0.6 is 0 Å². The van der Waals surface area contributed by atoms with Crippen LogP contribution in [0.25, 0.3) is 0 Å². The summed E-state index contributed by atoms with van der Waals surface area (Å²) < 4.78 is 2.08. The van der Waals surface area contributed by atoms with E-state index in [2.05, 4.69) is 56.5 Å². The van der Waals surface area contributed by atoms with Crippen LogP contribution in [0.3, 0.4) is 0 Å². The van der Waals surface area contributed by atoms with E-state index in [0.717, 1.165) is 44.5 Å². The average Bonchev–Trinajstić information content (AvgIpc) is 2.97. The standard InChI is InChI=1S/C17H34N4/c1-6-11-20(17(8-3,9-4)14-18)13-16-10-12-21(19-16)15(5)7-2/h10,12,15H,6-9,11,13-14,18H2,1-5H3. The first kappa shape index (κ1) is 18.2. The SMILES string of the molecule is CCCN(Cc1ccn(C(C)CC)n1)C(CC)(CC)CN. The van der Waals surface area contributed by atoms with Crippen LogP contribution in [0.15, 0.2) is 12.3 Å². The summed E-state index contributed by atoms with van der Waals surface area (Å²) in [5, 5.41) is 4.75. The second kappa shape index (κ2) is 8.54. The molecule has 0 aromatic carbocycles. The summed E-state index contributed by atoms with van der Waals surface area (Å²) in [4.78, 5) is 2.54. The molecular formula is C17H34N4. The molecule has 0 radical (unpaired) electrons. The summed E-state index contributed by atoms with van der Waals surface area (Å²) in [6.45, 7) is 13.8. The maximum absolute atomic E-state index is 6.12. The summed E-state index contributed by atoms with van der Waals surface area (Å²) in [5.74, 6) is 0. The lowest BCUT2D eigenvalue weighted by molar-refractivity contribution is 0.0750. The lowest BCUT2D eigenvalue weighted by Crippen LogP contribution is -2.53. The normalized spacial score (nSPS) is 13.9. The van der Waals surface area contributed by atoms with Crippen molar-refractivity contribution in [2.45, 2.75) is 78.4 Å². The van der Waals surface area contributed by atoms with Crippen molar-refractivity contribution in [3.8, 4) is 0 Å². The number of hydrogen-bond acceptors (Lipinski definition) is 3. The van der Waals surface area contributed by atoms with Crippen LogP contribution < -0.4 is 5.73 Å². The van der Waals surface area contributed by atoms with Crippen molar-refractivity contribution in [2.75, 3.05) is 13.1 Å². The maximum atomic E-state index is 6.12. The van der Waals surface area contributed by atoms with Gasteiger partial charge in [0.1, 0.15) is 0 Å². The van der Waals surface area contributed by atoms with Crippen molar-refractivity contribution < 1.29 is 0 Å². The van der Waals surface area contributed by atoms with Crippen LogP contribution in [0.4, 0.5) is 0 Å². The van der Waals surface area contributed by atoms with Crippen LogP contribution in [0.2, 0.25) is 0 Å². The van der Waals surface area contributed by atoms with Gasteiger partial charge in [0.05, 0.1) is 5.69 Å². The van der Waals surface area contributed by atoms with Crippen LogP contribution in [-0.2, 0) is 6.54 Å². The van der Waals surface area contributed by atoms with Crippen molar-refractivity contribution in [3.63, 3.8) is 0 Å². The Morgan fingerprint density at radius 1 is 1.29 bits per heavy atom. The third kappa shape index (κ3) is 4.30. The molecule has 2 N–H and O–H groups in total. The Kier molecular flexibility index (Phi) is 7.40. The molecule has 21 heavy (non-hydrogen) atoms. The topological polar surface area (TPSA) is 47.1 Å². The third-order valence-electron chi connectivity index (χ3n) is 4.92. The molecule has 0 fully saturated rings. The zero-order valence-corrected chi connectivity index (χ0v) is 14.6. The molecule has 0 aliphatic heterocycles. The van der Waals surface area contributed by atoms with E-state index in [1.54, 1.807) is 0 Å². The van der Waals surface area contributed by atoms with Gasteiger partial charge in [-0.05, 0) is 45.2 Å². The fraction of sp³-hybridized carbons (Fsp3) is 0.824. The van der Waals surface area contributed by atoms with E-state index in [-0.39, 0.29) is 5.54 Å². The van der Waals surface area contributed by atoms with Crippen LogP contribution in [0, 0.1) is 0 Å². The highest BCUT2D eigenvalue weighted by atomic mass is 15.3. The molecular weight excluding hydrogens is 260 g/mol. The fourth-order valence-corrected chi connectivity index (χ4v) is 2.96. The molecule has 0 bridgehead atoms. The molecule has 0 saturated carbocycles. The quantitative estimate of drug-likeness (QED) is 0.717. The van der Waals surface area contributed by atoms with Crippen molar-refractivity contribution in [2.24, 2.45) is 5.73 Å². The van der Waals surface area contributed by atoms with Gasteiger partial charge in [0, 0.05) is 30.9 Å². The van der Waals surface area contributed by atoms with E-state index < -0.39 is 0 Å². The molecule has 1 rings (SSSR count). The monoisotopic (exact) mass is 294 g/mol. The molecule has 4 heteroatoms. The average molecular weight is 294 g/mol. The van der Waals surface area contributed by atoms with Crippen molar-refractivity contribution in [1.29, 1.82) is 0 Å². The Hall–Kier alpha value is -0.870. The van der Waals surface area contributed by atoms with Gasteiger partial charge >= 0.3 is 0 Å². The van der Waals surface area contributed by atoms with E-state index in [1.807, 2.05) is 0 Å². The Bertz CT molecular complexity index is 387. The van der Waals surface area contributed by atoms with Gasteiger partial charge in [-0.25, -0.2) is 0 Å². The fourth-order valence-electron chi connectivity index (χ4n) is 2.96. The lowest BCUT2D eigenvalue weighted by atomic mass is 9.90. The van der Waals surface area contributed by atoms with Crippen molar-refractivity contribution >= 4 is 0 Å². The molecule has 0 amide bonds. The Morgan fingerprint density at radius 3 is 2.43 bits per heavy atom. The zero-order valence-electron chi connectivity index (χ0n) is 14.6. The van der Waals surface area contributed by atoms with Gasteiger partial charge in [0.2, 0.25) is 0 Å². The number of nitrogens with two attached hydrogens (primary N) is 1. The largest absolute Gasteiger partial charge is 0.329 e. The molecule has 1 unspecified atom stereocenters. The van der Waals surface area contributed by atoms with Gasteiger partial charge < -0.3 is 5.73 Å². The van der Waals surface area contributed by atoms with E-state index in [1.165, 1.54) is 0 Å². The molecule has 1 atom stereocenters. The molecule has 1 aromatic rings. The molecule has 4 nitrogen and oxygen atoms in total. The minimum atomic E-state index is 0.107. The highest BCUT2D eigenvalue weighted by molar-refractivity contribution is 5.02. The molecule has 0 aliphatic carbocycles. The number of nitrogens with zero attached hydrogens (tertiary/aromatic N) is 3. The molecule has 0 spiro atoms. The van der Waals surface area contributed by atoms with E-state index >= 15 is 0 Å². The van der Waals surface area contributed by atoms with Gasteiger partial charge in [-0.15, -0.1) is 0 Å². The maximum Gasteiger partial charge on any atom is 0.0765 e. The molecule has 0 aliphatic rings. The summed E-state index contributed by atoms with van der Waals surface area (Å²) in [6.07, 6.45) is 6.54. The first-order chi connectivity index (χ1) is 10.1. The first-order valence-corrected chi connectivity index (χ1v) is 8.55. The lowest BCUT2D eigenvalue weighted by Gasteiger charge is -2.42. The second-order valence-corrected chi connectivity index (χ2v) is 6.10. The summed E-state index contributed by atoms with van der Waals surface area (Å²) >= 11 is 0. The van der Waals surface area contributed by atoms with Gasteiger partial charge in [-0.2, -0.15) is 5.10 Å². The summed E-state index contributed by atoms with van der Waals surface area (Å²) in [7, 11) is 0. The Morgan fingerprint density at radius 2 is 1.95 bits per heavy atom. The predicted octanol–water partition coefficient (Wildman–Crippen LogP) is 3.58. The van der Waals surface area contributed by atoms with Crippen LogP contribution in [0.5, 0.6) is 0 Å². The molecule has 1 aromatic heterocycles. The van der Waals surface area contributed by atoms with E-state index in [9.17, 15) is 0 Å². The van der Waals surface area contributed by atoms with Gasteiger partial charge in [0.15, 0.2) is 0 Å². The summed E-state index contributed by atoms with van der Waals surface area (Å²) in [5.41, 5.74) is 7.38. The van der Waals surface area contributed by atoms with E-state index in [4.69, 9.17) is 10.8 Å². The highest BCUT2D eigenvalue weighted by Crippen LogP contribution is 2.25. The van der Waals surface area contributed by atoms with Crippen molar-refractivity contribution in [1.82, 2.24) is 14.7 Å². The Balaban J connectivity index is 2.89. The smallest absolute Gasteiger partial charge is 0.0765 e. The van der Waals surface area contributed by atoms with Crippen LogP contribution in [0.1, 0.15) is 72.0 Å². The highest BCUT2D eigenvalue weighted by Gasteiger charge is 2.31. The first-order valence-electron chi connectivity index (χ1n) is 8.55. The Labute approximate surface area is 130 Å². The van der Waals surface area contributed by atoms with Gasteiger partial charge in [-0.1, -0.05) is 27.7 Å². The van der Waals surface area contributed by atoms with E-state index in [0.29, 0.717) is 12.6 Å². The van der Waals surface area contributed by atoms with Crippen molar-refractivity contribution in [3.05, 3.63) is 18.0 Å². The second-order valence-electron chi connectivity index (χ2n) is 6.10. The third-order valence-corrected chi connectivity index (χ3v) is 4.92. The number of rotatable bonds is 10. The molecule has 0 saturated heterocycles. The molecule has 122 valence electrons. The minimum absolute atomic E-state index is 0.107. The van der Waals surface area contributed by atoms with Gasteiger partial charge in [-0.3, -0.25) is 9.58 Å². The zero-order chi connectivity index (χ0) is 15.9. The minimum Gasteiger partial charge on any atom is -0.329 e. The summed E-state index contributed by atoms with van der Waals surface area (Å²) in [6, 6.07) is 2.62. The van der Waals surface area contributed by atoms with Gasteiger partial charge in [0.25, 0.3) is 0 Å².